The quantitative estimate of drug-likeness (QED) is 0.137. The predicted molar refractivity (Wildman–Crippen MR) is 143 cm³/mol. The van der Waals surface area contributed by atoms with Crippen molar-refractivity contribution in [2.24, 2.45) is 5.10 Å². The van der Waals surface area contributed by atoms with E-state index < -0.39 is 10.8 Å². The number of non-ortho nitro benzene ring substituents is 1. The number of nitro groups is 1. The Balaban J connectivity index is 1.51. The number of thioether (sulfide) groups is 1. The van der Waals surface area contributed by atoms with Crippen molar-refractivity contribution in [3.63, 3.8) is 0 Å². The molecular weight excluding hydrogens is 516 g/mol. The van der Waals surface area contributed by atoms with Crippen LogP contribution in [0, 0.1) is 17.0 Å². The highest BCUT2D eigenvalue weighted by Gasteiger charge is 2.17. The van der Waals surface area contributed by atoms with Gasteiger partial charge in [-0.2, -0.15) is 5.10 Å². The van der Waals surface area contributed by atoms with Crippen LogP contribution in [0.2, 0.25) is 5.02 Å². The van der Waals surface area contributed by atoms with E-state index in [2.05, 4.69) is 20.7 Å². The van der Waals surface area contributed by atoms with Gasteiger partial charge in [-0.15, -0.1) is 10.2 Å². The number of aryl methyl sites for hydroxylation is 1. The number of nitro benzene ring substituents is 1. The van der Waals surface area contributed by atoms with E-state index in [9.17, 15) is 14.9 Å². The van der Waals surface area contributed by atoms with Gasteiger partial charge >= 0.3 is 0 Å². The average molecular weight is 537 g/mol. The molecular formula is C25H21ClN6O4S. The van der Waals surface area contributed by atoms with Crippen LogP contribution in [0.1, 0.15) is 11.1 Å². The molecule has 1 aromatic heterocycles. The standard InChI is InChI=1S/C25H21ClN6O4S/c1-16-3-5-17(6-4-16)24-29-30-25(31(24)19-7-10-21(36-2)11-8-19)37-15-23(33)28-27-14-18-13-20(32(34)35)9-12-22(18)26/h3-14H,15H2,1-2H3,(H,28,33)/b27-14+. The van der Waals surface area contributed by atoms with Crippen molar-refractivity contribution in [3.8, 4) is 22.8 Å². The molecule has 188 valence electrons. The molecule has 0 aliphatic carbocycles. The second-order valence-corrected chi connectivity index (χ2v) is 9.10. The maximum absolute atomic E-state index is 12.5. The van der Waals surface area contributed by atoms with E-state index in [0.29, 0.717) is 22.3 Å². The number of carbonyl (C=O) groups excluding carboxylic acids is 1. The molecule has 0 aliphatic rings. The second kappa shape index (κ2) is 11.7. The minimum absolute atomic E-state index is 0.00218. The van der Waals surface area contributed by atoms with Gasteiger partial charge in [0.2, 0.25) is 0 Å². The number of nitrogens with zero attached hydrogens (tertiary/aromatic N) is 5. The van der Waals surface area contributed by atoms with Crippen molar-refractivity contribution in [1.82, 2.24) is 20.2 Å². The molecule has 0 radical (unpaired) electrons. The summed E-state index contributed by atoms with van der Waals surface area (Å²) in [6.07, 6.45) is 1.26. The minimum atomic E-state index is -0.535. The van der Waals surface area contributed by atoms with Gasteiger partial charge in [0.1, 0.15) is 5.75 Å². The largest absolute Gasteiger partial charge is 0.497 e. The third-order valence-electron chi connectivity index (χ3n) is 5.19. The molecule has 0 unspecified atom stereocenters. The van der Waals surface area contributed by atoms with Crippen LogP contribution in [0.15, 0.2) is 77.0 Å². The number of hydrogen-bond acceptors (Lipinski definition) is 8. The van der Waals surface area contributed by atoms with Crippen LogP contribution in [-0.4, -0.2) is 44.7 Å². The Bertz CT molecular complexity index is 1460. The molecule has 0 fully saturated rings. The third kappa shape index (κ3) is 6.32. The van der Waals surface area contributed by atoms with E-state index in [-0.39, 0.29) is 16.5 Å². The van der Waals surface area contributed by atoms with Crippen molar-refractivity contribution >= 4 is 41.2 Å². The van der Waals surface area contributed by atoms with Crippen molar-refractivity contribution in [2.75, 3.05) is 12.9 Å². The number of carbonyl (C=O) groups is 1. The molecule has 0 aliphatic heterocycles. The van der Waals surface area contributed by atoms with E-state index in [1.54, 1.807) is 7.11 Å². The molecule has 1 N–H and O–H groups in total. The summed E-state index contributed by atoms with van der Waals surface area (Å²) in [5.41, 5.74) is 5.39. The van der Waals surface area contributed by atoms with Crippen LogP contribution in [0.4, 0.5) is 5.69 Å². The summed E-state index contributed by atoms with van der Waals surface area (Å²) in [6.45, 7) is 2.01. The van der Waals surface area contributed by atoms with Crippen LogP contribution < -0.4 is 10.2 Å². The van der Waals surface area contributed by atoms with Crippen LogP contribution in [0.5, 0.6) is 5.75 Å². The number of amides is 1. The van der Waals surface area contributed by atoms with Gasteiger partial charge in [-0.25, -0.2) is 5.43 Å². The number of aromatic nitrogens is 3. The third-order valence-corrected chi connectivity index (χ3v) is 6.46. The number of benzene rings is 3. The van der Waals surface area contributed by atoms with Gasteiger partial charge in [-0.1, -0.05) is 53.2 Å². The Morgan fingerprint density at radius 3 is 2.57 bits per heavy atom. The molecule has 4 rings (SSSR count). The van der Waals surface area contributed by atoms with Crippen LogP contribution in [0.3, 0.4) is 0 Å². The number of halogens is 1. The molecule has 0 saturated carbocycles. The van der Waals surface area contributed by atoms with Gasteiger partial charge in [0.25, 0.3) is 11.6 Å². The fourth-order valence-electron chi connectivity index (χ4n) is 3.30. The maximum atomic E-state index is 12.5. The van der Waals surface area contributed by atoms with Gasteiger partial charge in [0, 0.05) is 34.0 Å². The minimum Gasteiger partial charge on any atom is -0.497 e. The monoisotopic (exact) mass is 536 g/mol. The Labute approximate surface area is 221 Å². The van der Waals surface area contributed by atoms with Gasteiger partial charge in [-0.05, 0) is 37.3 Å². The maximum Gasteiger partial charge on any atom is 0.270 e. The van der Waals surface area contributed by atoms with Crippen molar-refractivity contribution < 1.29 is 14.5 Å². The zero-order valence-corrected chi connectivity index (χ0v) is 21.4. The summed E-state index contributed by atoms with van der Waals surface area (Å²) in [6, 6.07) is 19.3. The molecule has 4 aromatic rings. The Hall–Kier alpha value is -4.22. The topological polar surface area (TPSA) is 125 Å². The predicted octanol–water partition coefficient (Wildman–Crippen LogP) is 5.06. The Morgan fingerprint density at radius 1 is 1.16 bits per heavy atom. The first-order valence-corrected chi connectivity index (χ1v) is 12.3. The van der Waals surface area contributed by atoms with Crippen LogP contribution >= 0.6 is 23.4 Å². The first-order chi connectivity index (χ1) is 17.9. The summed E-state index contributed by atoms with van der Waals surface area (Å²) < 4.78 is 7.13. The SMILES string of the molecule is COc1ccc(-n2c(SCC(=O)N/N=C/c3cc([N+](=O)[O-])ccc3Cl)nnc2-c2ccc(C)cc2)cc1. The molecule has 10 nitrogen and oxygen atoms in total. The fourth-order valence-corrected chi connectivity index (χ4v) is 4.21. The zero-order valence-electron chi connectivity index (χ0n) is 19.8. The molecule has 0 saturated heterocycles. The lowest BCUT2D eigenvalue weighted by Crippen LogP contribution is -2.20. The molecule has 1 heterocycles. The number of hydrazone groups is 1. The zero-order chi connectivity index (χ0) is 26.4. The first-order valence-electron chi connectivity index (χ1n) is 10.9. The summed E-state index contributed by atoms with van der Waals surface area (Å²) >= 11 is 7.25. The second-order valence-electron chi connectivity index (χ2n) is 7.75. The first kappa shape index (κ1) is 25.9. The summed E-state index contributed by atoms with van der Waals surface area (Å²) in [4.78, 5) is 22.9. The molecule has 0 atom stereocenters. The molecule has 3 aromatic carbocycles. The number of ether oxygens (including phenoxy) is 1. The smallest absolute Gasteiger partial charge is 0.270 e. The van der Waals surface area contributed by atoms with Crippen LogP contribution in [-0.2, 0) is 4.79 Å². The van der Waals surface area contributed by atoms with Gasteiger partial charge in [-0.3, -0.25) is 19.5 Å². The molecule has 0 spiro atoms. The lowest BCUT2D eigenvalue weighted by atomic mass is 10.1. The molecule has 12 heteroatoms. The highest BCUT2D eigenvalue weighted by molar-refractivity contribution is 7.99. The lowest BCUT2D eigenvalue weighted by Gasteiger charge is -2.11. The number of nitrogens with one attached hydrogen (secondary N) is 1. The van der Waals surface area contributed by atoms with Crippen LogP contribution in [0.25, 0.3) is 17.1 Å². The number of rotatable bonds is 9. The van der Waals surface area contributed by atoms with Gasteiger partial charge in [0.05, 0.1) is 24.0 Å². The van der Waals surface area contributed by atoms with Crippen molar-refractivity contribution in [3.05, 3.63) is 93.0 Å². The Morgan fingerprint density at radius 2 is 1.89 bits per heavy atom. The summed E-state index contributed by atoms with van der Waals surface area (Å²) in [5, 5.41) is 24.3. The van der Waals surface area contributed by atoms with Gasteiger partial charge < -0.3 is 4.74 Å². The highest BCUT2D eigenvalue weighted by Crippen LogP contribution is 2.29. The van der Waals surface area contributed by atoms with E-state index >= 15 is 0 Å². The molecule has 0 bridgehead atoms. The van der Waals surface area contributed by atoms with E-state index in [1.165, 1.54) is 36.2 Å². The van der Waals surface area contributed by atoms with Crippen molar-refractivity contribution in [1.29, 1.82) is 0 Å². The number of methoxy groups -OCH3 is 1. The Kier molecular flexibility index (Phi) is 8.16. The summed E-state index contributed by atoms with van der Waals surface area (Å²) in [7, 11) is 1.60. The molecule has 1 amide bonds. The van der Waals surface area contributed by atoms with E-state index in [1.807, 2.05) is 60.0 Å². The average Bonchev–Trinajstić information content (AvgIpc) is 3.32. The lowest BCUT2D eigenvalue weighted by molar-refractivity contribution is -0.384. The fraction of sp³-hybridized carbons (Fsp3) is 0.120. The van der Waals surface area contributed by atoms with Gasteiger partial charge in [0.15, 0.2) is 11.0 Å². The van der Waals surface area contributed by atoms with E-state index in [4.69, 9.17) is 16.3 Å². The van der Waals surface area contributed by atoms with Crippen molar-refractivity contribution in [2.45, 2.75) is 12.1 Å². The van der Waals surface area contributed by atoms with E-state index in [0.717, 1.165) is 16.8 Å². The number of hydrogen-bond donors (Lipinski definition) is 1. The summed E-state index contributed by atoms with van der Waals surface area (Å²) in [5.74, 6) is 0.946. The highest BCUT2D eigenvalue weighted by atomic mass is 35.5. The molecule has 37 heavy (non-hydrogen) atoms. The normalized spacial score (nSPS) is 11.0.